The molecule has 0 aromatic carbocycles. The van der Waals surface area contributed by atoms with E-state index in [-0.39, 0.29) is 5.97 Å². The fourth-order valence-electron chi connectivity index (χ4n) is 2.02. The van der Waals surface area contributed by atoms with Gasteiger partial charge in [-0.3, -0.25) is 4.79 Å². The van der Waals surface area contributed by atoms with Crippen molar-refractivity contribution in [2.75, 3.05) is 6.61 Å². The highest BCUT2D eigenvalue weighted by Crippen LogP contribution is 2.11. The quantitative estimate of drug-likeness (QED) is 0.191. The molecule has 0 rings (SSSR count). The van der Waals surface area contributed by atoms with Crippen LogP contribution in [0.1, 0.15) is 84.5 Å². The Morgan fingerprint density at radius 2 is 1.25 bits per heavy atom. The highest BCUT2D eigenvalue weighted by molar-refractivity contribution is 5.81. The van der Waals surface area contributed by atoms with Gasteiger partial charge in [0.05, 0.1) is 6.61 Å². The van der Waals surface area contributed by atoms with Gasteiger partial charge in [-0.1, -0.05) is 63.5 Å². The van der Waals surface area contributed by atoms with Crippen LogP contribution >= 0.6 is 0 Å². The third-order valence-electron chi connectivity index (χ3n) is 3.20. The zero-order chi connectivity index (χ0) is 18.6. The predicted octanol–water partition coefficient (Wildman–Crippen LogP) is 5.67. The van der Waals surface area contributed by atoms with E-state index < -0.39 is 5.97 Å². The standard InChI is InChI=1S/C16H28O4.C4H8/c1-2-16(19)20-14-12-10-8-6-4-3-5-7-9-11-13-15(17)18;1-4(2)3/h2H,1,3-14H2,(H,17,18);1H2,2-3H3. The summed E-state index contributed by atoms with van der Waals surface area (Å²) in [4.78, 5) is 21.1. The molecule has 0 unspecified atom stereocenters. The molecule has 0 aliphatic heterocycles. The molecule has 4 nitrogen and oxygen atoms in total. The van der Waals surface area contributed by atoms with Crippen LogP contribution in [0, 0.1) is 0 Å². The molecule has 0 bridgehead atoms. The zero-order valence-corrected chi connectivity index (χ0v) is 15.6. The summed E-state index contributed by atoms with van der Waals surface area (Å²) in [6.45, 7) is 11.3. The Balaban J connectivity index is 0. The minimum Gasteiger partial charge on any atom is -0.481 e. The minimum absolute atomic E-state index is 0.302. The van der Waals surface area contributed by atoms with Crippen molar-refractivity contribution in [2.24, 2.45) is 0 Å². The van der Waals surface area contributed by atoms with E-state index in [0.29, 0.717) is 13.0 Å². The lowest BCUT2D eigenvalue weighted by atomic mass is 10.1. The Morgan fingerprint density at radius 3 is 1.62 bits per heavy atom. The van der Waals surface area contributed by atoms with Crippen molar-refractivity contribution in [3.05, 3.63) is 24.8 Å². The topological polar surface area (TPSA) is 63.6 Å². The summed E-state index contributed by atoms with van der Waals surface area (Å²) >= 11 is 0. The zero-order valence-electron chi connectivity index (χ0n) is 15.6. The summed E-state index contributed by atoms with van der Waals surface area (Å²) in [7, 11) is 0. The smallest absolute Gasteiger partial charge is 0.330 e. The van der Waals surface area contributed by atoms with Crippen molar-refractivity contribution in [1.82, 2.24) is 0 Å². The van der Waals surface area contributed by atoms with Crippen LogP contribution in [-0.4, -0.2) is 23.7 Å². The third kappa shape index (κ3) is 28.6. The first-order valence-electron chi connectivity index (χ1n) is 9.03. The largest absolute Gasteiger partial charge is 0.481 e. The van der Waals surface area contributed by atoms with E-state index in [9.17, 15) is 9.59 Å². The summed E-state index contributed by atoms with van der Waals surface area (Å²) in [5, 5.41) is 8.49. The van der Waals surface area contributed by atoms with Crippen LogP contribution < -0.4 is 0 Å². The normalized spacial score (nSPS) is 9.58. The van der Waals surface area contributed by atoms with Gasteiger partial charge in [-0.15, -0.1) is 6.58 Å². The number of allylic oxidation sites excluding steroid dienone is 1. The fourth-order valence-corrected chi connectivity index (χ4v) is 2.02. The van der Waals surface area contributed by atoms with Crippen molar-refractivity contribution in [2.45, 2.75) is 84.5 Å². The fraction of sp³-hybridized carbons (Fsp3) is 0.700. The number of aliphatic carboxylic acids is 1. The number of unbranched alkanes of at least 4 members (excludes halogenated alkanes) is 9. The van der Waals surface area contributed by atoms with Crippen LogP contribution in [-0.2, 0) is 14.3 Å². The van der Waals surface area contributed by atoms with Gasteiger partial charge in [-0.25, -0.2) is 4.79 Å². The number of carboxylic acids is 1. The number of esters is 1. The average Bonchev–Trinajstić information content (AvgIpc) is 2.50. The van der Waals surface area contributed by atoms with E-state index in [2.05, 4.69) is 13.2 Å². The van der Waals surface area contributed by atoms with Crippen LogP contribution in [0.3, 0.4) is 0 Å². The average molecular weight is 341 g/mol. The van der Waals surface area contributed by atoms with Crippen LogP contribution in [0.2, 0.25) is 0 Å². The van der Waals surface area contributed by atoms with Crippen molar-refractivity contribution in [3.63, 3.8) is 0 Å². The Kier molecular flexibility index (Phi) is 20.0. The maximum Gasteiger partial charge on any atom is 0.330 e. The number of carboxylic acid groups (broad SMARTS) is 1. The van der Waals surface area contributed by atoms with Gasteiger partial charge in [0.2, 0.25) is 0 Å². The number of rotatable bonds is 14. The highest BCUT2D eigenvalue weighted by Gasteiger charge is 1.97. The van der Waals surface area contributed by atoms with Crippen molar-refractivity contribution in [1.29, 1.82) is 0 Å². The van der Waals surface area contributed by atoms with Gasteiger partial charge in [0.1, 0.15) is 0 Å². The van der Waals surface area contributed by atoms with E-state index in [4.69, 9.17) is 9.84 Å². The Morgan fingerprint density at radius 1 is 0.875 bits per heavy atom. The van der Waals surface area contributed by atoms with Crippen LogP contribution in [0.5, 0.6) is 0 Å². The summed E-state index contributed by atoms with van der Waals surface area (Å²) in [5.74, 6) is -1.03. The number of carbonyl (C=O) groups excluding carboxylic acids is 1. The predicted molar refractivity (Wildman–Crippen MR) is 100 cm³/mol. The lowest BCUT2D eigenvalue weighted by Crippen LogP contribution is -2.01. The second-order valence-corrected chi connectivity index (χ2v) is 6.26. The second kappa shape index (κ2) is 19.5. The molecule has 0 saturated carbocycles. The molecule has 0 saturated heterocycles. The molecule has 0 aromatic heterocycles. The van der Waals surface area contributed by atoms with Crippen LogP contribution in [0.4, 0.5) is 0 Å². The lowest BCUT2D eigenvalue weighted by molar-refractivity contribution is -0.138. The van der Waals surface area contributed by atoms with E-state index in [1.165, 1.54) is 43.8 Å². The molecular formula is C20H36O4. The third-order valence-corrected chi connectivity index (χ3v) is 3.20. The number of hydrogen-bond acceptors (Lipinski definition) is 3. The maximum atomic E-state index is 10.8. The summed E-state index contributed by atoms with van der Waals surface area (Å²) in [5.41, 5.74) is 1.17. The van der Waals surface area contributed by atoms with Crippen LogP contribution in [0.25, 0.3) is 0 Å². The second-order valence-electron chi connectivity index (χ2n) is 6.26. The summed E-state index contributed by atoms with van der Waals surface area (Å²) in [6.07, 6.45) is 12.6. The van der Waals surface area contributed by atoms with Gasteiger partial charge in [0.15, 0.2) is 0 Å². The van der Waals surface area contributed by atoms with Gasteiger partial charge in [-0.2, -0.15) is 0 Å². The minimum atomic E-state index is -0.691. The molecular weight excluding hydrogens is 304 g/mol. The first-order chi connectivity index (χ1) is 11.4. The molecule has 0 aromatic rings. The van der Waals surface area contributed by atoms with Gasteiger partial charge < -0.3 is 9.84 Å². The number of hydrogen-bond donors (Lipinski definition) is 1. The first kappa shape index (κ1) is 24.7. The monoisotopic (exact) mass is 340 g/mol. The Bertz CT molecular complexity index is 344. The summed E-state index contributed by atoms with van der Waals surface area (Å²) in [6, 6.07) is 0. The number of carbonyl (C=O) groups is 2. The molecule has 0 spiro atoms. The SMILES string of the molecule is C=C(C)C.C=CC(=O)OCCCCCCCCCCCCC(=O)O. The van der Waals surface area contributed by atoms with Gasteiger partial charge in [-0.05, 0) is 26.7 Å². The summed E-state index contributed by atoms with van der Waals surface area (Å²) < 4.78 is 4.89. The Hall–Kier alpha value is -1.58. The molecule has 0 amide bonds. The van der Waals surface area contributed by atoms with Gasteiger partial charge in [0.25, 0.3) is 0 Å². The molecule has 0 aliphatic rings. The molecule has 0 fully saturated rings. The molecule has 4 heteroatoms. The highest BCUT2D eigenvalue weighted by atomic mass is 16.5. The lowest BCUT2D eigenvalue weighted by Gasteiger charge is -2.03. The molecule has 24 heavy (non-hydrogen) atoms. The van der Waals surface area contributed by atoms with E-state index >= 15 is 0 Å². The van der Waals surface area contributed by atoms with Crippen molar-refractivity contribution in [3.8, 4) is 0 Å². The molecule has 0 heterocycles. The van der Waals surface area contributed by atoms with Gasteiger partial charge in [0, 0.05) is 12.5 Å². The van der Waals surface area contributed by atoms with Crippen molar-refractivity contribution >= 4 is 11.9 Å². The van der Waals surface area contributed by atoms with E-state index in [0.717, 1.165) is 32.1 Å². The molecule has 0 atom stereocenters. The molecule has 1 N–H and O–H groups in total. The van der Waals surface area contributed by atoms with E-state index in [1.54, 1.807) is 0 Å². The number of ether oxygens (including phenoxy) is 1. The van der Waals surface area contributed by atoms with Crippen molar-refractivity contribution < 1.29 is 19.4 Å². The molecule has 140 valence electrons. The maximum absolute atomic E-state index is 10.8. The Labute approximate surface area is 148 Å². The molecule has 0 radical (unpaired) electrons. The van der Waals surface area contributed by atoms with E-state index in [1.807, 2.05) is 13.8 Å². The van der Waals surface area contributed by atoms with Crippen LogP contribution in [0.15, 0.2) is 24.8 Å². The van der Waals surface area contributed by atoms with Gasteiger partial charge >= 0.3 is 11.9 Å². The first-order valence-corrected chi connectivity index (χ1v) is 9.03. The molecule has 0 aliphatic carbocycles.